The highest BCUT2D eigenvalue weighted by atomic mass is 35.5. The normalized spacial score (nSPS) is 10.0. The zero-order valence-electron chi connectivity index (χ0n) is 7.06. The summed E-state index contributed by atoms with van der Waals surface area (Å²) in [5.74, 6) is 0.802. The van der Waals surface area contributed by atoms with Crippen LogP contribution in [0.4, 0.5) is 5.69 Å². The quantitative estimate of drug-likeness (QED) is 0.464. The standard InChI is InChI=1S/C9H11Cl2NO/c10-4-1-5-12-9-3-2-7(13)6-8(9)11/h2-3,6,12-13H,1,4-5H2. The maximum atomic E-state index is 9.08. The van der Waals surface area contributed by atoms with E-state index in [-0.39, 0.29) is 5.75 Å². The summed E-state index contributed by atoms with van der Waals surface area (Å²) < 4.78 is 0. The Morgan fingerprint density at radius 3 is 2.77 bits per heavy atom. The van der Waals surface area contributed by atoms with Crippen molar-refractivity contribution in [2.75, 3.05) is 17.7 Å². The van der Waals surface area contributed by atoms with Gasteiger partial charge in [-0.2, -0.15) is 0 Å². The Hall–Kier alpha value is -0.600. The molecule has 1 aromatic rings. The number of alkyl halides is 1. The fraction of sp³-hybridized carbons (Fsp3) is 0.333. The summed E-state index contributed by atoms with van der Waals surface area (Å²) in [6.07, 6.45) is 0.888. The molecule has 0 saturated carbocycles. The lowest BCUT2D eigenvalue weighted by Crippen LogP contribution is -2.01. The highest BCUT2D eigenvalue weighted by Crippen LogP contribution is 2.25. The molecule has 0 aliphatic rings. The lowest BCUT2D eigenvalue weighted by Gasteiger charge is -2.06. The second-order valence-electron chi connectivity index (χ2n) is 2.63. The van der Waals surface area contributed by atoms with E-state index in [0.717, 1.165) is 18.7 Å². The van der Waals surface area contributed by atoms with E-state index in [1.165, 1.54) is 6.07 Å². The van der Waals surface area contributed by atoms with Crippen LogP contribution in [0, 0.1) is 0 Å². The molecule has 1 aromatic carbocycles. The van der Waals surface area contributed by atoms with Gasteiger partial charge in [-0.1, -0.05) is 11.6 Å². The van der Waals surface area contributed by atoms with Crippen molar-refractivity contribution < 1.29 is 5.11 Å². The van der Waals surface area contributed by atoms with Crippen molar-refractivity contribution in [2.24, 2.45) is 0 Å². The van der Waals surface area contributed by atoms with Gasteiger partial charge in [-0.3, -0.25) is 0 Å². The van der Waals surface area contributed by atoms with Crippen LogP contribution in [0.25, 0.3) is 0 Å². The minimum Gasteiger partial charge on any atom is -0.508 e. The Labute approximate surface area is 87.5 Å². The first-order chi connectivity index (χ1) is 6.24. The van der Waals surface area contributed by atoms with Crippen LogP contribution in [0.2, 0.25) is 5.02 Å². The molecule has 0 radical (unpaired) electrons. The number of halogens is 2. The molecule has 0 spiro atoms. The molecule has 0 amide bonds. The molecule has 13 heavy (non-hydrogen) atoms. The molecule has 4 heteroatoms. The number of nitrogens with one attached hydrogen (secondary N) is 1. The number of hydrogen-bond acceptors (Lipinski definition) is 2. The van der Waals surface area contributed by atoms with Gasteiger partial charge in [0.25, 0.3) is 0 Å². The van der Waals surface area contributed by atoms with Gasteiger partial charge in [-0.05, 0) is 18.6 Å². The molecule has 0 unspecified atom stereocenters. The van der Waals surface area contributed by atoms with Gasteiger partial charge in [0.2, 0.25) is 0 Å². The first-order valence-electron chi connectivity index (χ1n) is 4.02. The van der Waals surface area contributed by atoms with Crippen molar-refractivity contribution in [1.82, 2.24) is 0 Å². The van der Waals surface area contributed by atoms with E-state index in [4.69, 9.17) is 28.3 Å². The van der Waals surface area contributed by atoms with Crippen LogP contribution < -0.4 is 5.32 Å². The van der Waals surface area contributed by atoms with Crippen LogP contribution in [-0.4, -0.2) is 17.5 Å². The van der Waals surface area contributed by atoms with Gasteiger partial charge < -0.3 is 10.4 Å². The number of phenols is 1. The van der Waals surface area contributed by atoms with Crippen LogP contribution in [0.5, 0.6) is 5.75 Å². The molecule has 0 aliphatic carbocycles. The second-order valence-corrected chi connectivity index (χ2v) is 3.42. The largest absolute Gasteiger partial charge is 0.508 e. The molecule has 0 aliphatic heterocycles. The topological polar surface area (TPSA) is 32.3 Å². The number of anilines is 1. The van der Waals surface area contributed by atoms with Crippen molar-refractivity contribution in [3.8, 4) is 5.75 Å². The Kier molecular flexibility index (Phi) is 4.19. The van der Waals surface area contributed by atoms with Crippen molar-refractivity contribution in [2.45, 2.75) is 6.42 Å². The van der Waals surface area contributed by atoms with Crippen LogP contribution in [-0.2, 0) is 0 Å². The number of rotatable bonds is 4. The maximum Gasteiger partial charge on any atom is 0.117 e. The summed E-state index contributed by atoms with van der Waals surface area (Å²) in [5.41, 5.74) is 0.824. The summed E-state index contributed by atoms with van der Waals surface area (Å²) in [6, 6.07) is 4.84. The first kappa shape index (κ1) is 10.5. The summed E-state index contributed by atoms with van der Waals surface area (Å²) in [5, 5.41) is 12.7. The van der Waals surface area contributed by atoms with Crippen molar-refractivity contribution in [3.05, 3.63) is 23.2 Å². The second kappa shape index (κ2) is 5.20. The van der Waals surface area contributed by atoms with Gasteiger partial charge in [0.05, 0.1) is 10.7 Å². The van der Waals surface area contributed by atoms with E-state index in [2.05, 4.69) is 5.32 Å². The van der Waals surface area contributed by atoms with E-state index >= 15 is 0 Å². The zero-order chi connectivity index (χ0) is 9.68. The van der Waals surface area contributed by atoms with Gasteiger partial charge >= 0.3 is 0 Å². The molecule has 0 fully saturated rings. The predicted octanol–water partition coefficient (Wildman–Crippen LogP) is 3.09. The van der Waals surface area contributed by atoms with Crippen LogP contribution in [0.15, 0.2) is 18.2 Å². The Morgan fingerprint density at radius 1 is 1.38 bits per heavy atom. The third kappa shape index (κ3) is 3.33. The first-order valence-corrected chi connectivity index (χ1v) is 4.93. The van der Waals surface area contributed by atoms with Crippen molar-refractivity contribution in [1.29, 1.82) is 0 Å². The minimum absolute atomic E-state index is 0.174. The summed E-state index contributed by atoms with van der Waals surface area (Å²) in [6.45, 7) is 0.786. The molecular weight excluding hydrogens is 209 g/mol. The summed E-state index contributed by atoms with van der Waals surface area (Å²) in [4.78, 5) is 0. The van der Waals surface area contributed by atoms with Crippen LogP contribution >= 0.6 is 23.2 Å². The predicted molar refractivity (Wildman–Crippen MR) is 56.9 cm³/mol. The Bertz CT molecular complexity index is 278. The summed E-state index contributed by atoms with van der Waals surface area (Å²) >= 11 is 11.4. The Balaban J connectivity index is 2.56. The average Bonchev–Trinajstić information content (AvgIpc) is 2.09. The Morgan fingerprint density at radius 2 is 2.15 bits per heavy atom. The number of aromatic hydroxyl groups is 1. The molecule has 0 aromatic heterocycles. The maximum absolute atomic E-state index is 9.08. The number of benzene rings is 1. The van der Waals surface area contributed by atoms with Gasteiger partial charge in [-0.15, -0.1) is 11.6 Å². The van der Waals surface area contributed by atoms with E-state index in [1.54, 1.807) is 12.1 Å². The SMILES string of the molecule is Oc1ccc(NCCCCl)c(Cl)c1. The molecule has 0 saturated heterocycles. The molecule has 0 bridgehead atoms. The van der Waals surface area contributed by atoms with Gasteiger partial charge in [0.15, 0.2) is 0 Å². The third-order valence-corrected chi connectivity index (χ3v) is 2.16. The lowest BCUT2D eigenvalue weighted by molar-refractivity contribution is 0.475. The number of hydrogen-bond donors (Lipinski definition) is 2. The summed E-state index contributed by atoms with van der Waals surface area (Å²) in [7, 11) is 0. The molecular formula is C9H11Cl2NO. The highest BCUT2D eigenvalue weighted by Gasteiger charge is 1.99. The molecule has 2 N–H and O–H groups in total. The molecule has 0 heterocycles. The highest BCUT2D eigenvalue weighted by molar-refractivity contribution is 6.33. The molecule has 72 valence electrons. The van der Waals surface area contributed by atoms with Crippen molar-refractivity contribution >= 4 is 28.9 Å². The van der Waals surface area contributed by atoms with E-state index in [9.17, 15) is 0 Å². The minimum atomic E-state index is 0.174. The van der Waals surface area contributed by atoms with E-state index in [1.807, 2.05) is 0 Å². The van der Waals surface area contributed by atoms with Gasteiger partial charge in [-0.25, -0.2) is 0 Å². The smallest absolute Gasteiger partial charge is 0.117 e. The molecule has 0 atom stereocenters. The number of phenolic OH excluding ortho intramolecular Hbond substituents is 1. The van der Waals surface area contributed by atoms with Gasteiger partial charge in [0, 0.05) is 18.5 Å². The fourth-order valence-corrected chi connectivity index (χ4v) is 1.31. The van der Waals surface area contributed by atoms with E-state index in [0.29, 0.717) is 10.9 Å². The zero-order valence-corrected chi connectivity index (χ0v) is 8.57. The van der Waals surface area contributed by atoms with Crippen LogP contribution in [0.1, 0.15) is 6.42 Å². The third-order valence-electron chi connectivity index (χ3n) is 1.58. The van der Waals surface area contributed by atoms with Crippen molar-refractivity contribution in [3.63, 3.8) is 0 Å². The van der Waals surface area contributed by atoms with Gasteiger partial charge in [0.1, 0.15) is 5.75 Å². The monoisotopic (exact) mass is 219 g/mol. The molecule has 1 rings (SSSR count). The van der Waals surface area contributed by atoms with Crippen LogP contribution in [0.3, 0.4) is 0 Å². The fourth-order valence-electron chi connectivity index (χ4n) is 0.937. The molecule has 2 nitrogen and oxygen atoms in total. The van der Waals surface area contributed by atoms with E-state index < -0.39 is 0 Å². The average molecular weight is 220 g/mol. The lowest BCUT2D eigenvalue weighted by atomic mass is 10.3.